The largest absolute Gasteiger partial charge is 0.300 e. The van der Waals surface area contributed by atoms with Crippen LogP contribution < -0.4 is 5.56 Å². The summed E-state index contributed by atoms with van der Waals surface area (Å²) in [5.41, 5.74) is -0.248. The van der Waals surface area contributed by atoms with Crippen molar-refractivity contribution in [2.45, 2.75) is 15.8 Å². The number of benzene rings is 1. The lowest BCUT2D eigenvalue weighted by Gasteiger charge is -2.03. The molecule has 0 radical (unpaired) electrons. The fourth-order valence-electron chi connectivity index (χ4n) is 1.37. The Morgan fingerprint density at radius 3 is 2.90 bits per heavy atom. The molecule has 0 fully saturated rings. The lowest BCUT2D eigenvalue weighted by Crippen LogP contribution is -2.10. The highest BCUT2D eigenvalue weighted by Gasteiger charge is 2.09. The molecule has 20 heavy (non-hydrogen) atoms. The van der Waals surface area contributed by atoms with E-state index in [1.165, 1.54) is 18.3 Å². The molecule has 0 aliphatic carbocycles. The lowest BCUT2D eigenvalue weighted by molar-refractivity contribution is 0.502. The Morgan fingerprint density at radius 2 is 2.20 bits per heavy atom. The summed E-state index contributed by atoms with van der Waals surface area (Å²) in [6.45, 7) is 0. The third-order valence-corrected chi connectivity index (χ3v) is 3.83. The third-order valence-electron chi connectivity index (χ3n) is 2.29. The number of hydrogen-bond acceptors (Lipinski definition) is 5. The van der Waals surface area contributed by atoms with E-state index in [-0.39, 0.29) is 21.4 Å². The van der Waals surface area contributed by atoms with Crippen LogP contribution in [0.4, 0.5) is 8.78 Å². The molecule has 2 rings (SSSR count). The standard InChI is InChI=1S/C12H7F2N3OS2/c13-8-3-1-2-7(10(8)14)5-19-12-16-4-9(20-6-15)11(18)17-12/h1-4H,5H2,(H,16,17,18). The van der Waals surface area contributed by atoms with Gasteiger partial charge in [-0.25, -0.2) is 13.8 Å². The van der Waals surface area contributed by atoms with Crippen molar-refractivity contribution < 1.29 is 8.78 Å². The summed E-state index contributed by atoms with van der Waals surface area (Å²) in [4.78, 5) is 18.2. The Bertz CT molecular complexity index is 727. The highest BCUT2D eigenvalue weighted by molar-refractivity contribution is 8.03. The second-order valence-corrected chi connectivity index (χ2v) is 5.37. The predicted molar refractivity (Wildman–Crippen MR) is 72.2 cm³/mol. The Hall–Kier alpha value is -1.85. The van der Waals surface area contributed by atoms with Gasteiger partial charge in [-0.2, -0.15) is 5.26 Å². The van der Waals surface area contributed by atoms with Gasteiger partial charge in [-0.1, -0.05) is 23.9 Å². The van der Waals surface area contributed by atoms with Crippen molar-refractivity contribution in [2.75, 3.05) is 0 Å². The van der Waals surface area contributed by atoms with Crippen molar-refractivity contribution in [1.82, 2.24) is 9.97 Å². The van der Waals surface area contributed by atoms with E-state index in [0.717, 1.165) is 17.8 Å². The molecule has 0 aliphatic rings. The highest BCUT2D eigenvalue weighted by Crippen LogP contribution is 2.22. The number of nitrogens with zero attached hydrogens (tertiary/aromatic N) is 2. The number of hydrogen-bond donors (Lipinski definition) is 1. The van der Waals surface area contributed by atoms with Crippen molar-refractivity contribution in [3.8, 4) is 5.40 Å². The van der Waals surface area contributed by atoms with Crippen LogP contribution in [0.2, 0.25) is 0 Å². The van der Waals surface area contributed by atoms with Gasteiger partial charge in [-0.05, 0) is 17.8 Å². The van der Waals surface area contributed by atoms with Crippen molar-refractivity contribution in [3.05, 3.63) is 51.9 Å². The van der Waals surface area contributed by atoms with Crippen molar-refractivity contribution in [1.29, 1.82) is 5.26 Å². The number of aromatic amines is 1. The molecule has 1 aromatic carbocycles. The van der Waals surface area contributed by atoms with E-state index in [9.17, 15) is 13.6 Å². The molecule has 102 valence electrons. The summed E-state index contributed by atoms with van der Waals surface area (Å²) in [5, 5.41) is 10.5. The van der Waals surface area contributed by atoms with Crippen LogP contribution in [-0.4, -0.2) is 9.97 Å². The van der Waals surface area contributed by atoms with Crippen LogP contribution in [0.3, 0.4) is 0 Å². The number of aromatic nitrogens is 2. The summed E-state index contributed by atoms with van der Waals surface area (Å²) >= 11 is 1.78. The summed E-state index contributed by atoms with van der Waals surface area (Å²) in [6, 6.07) is 3.91. The number of halogens is 2. The van der Waals surface area contributed by atoms with Gasteiger partial charge in [-0.15, -0.1) is 0 Å². The molecule has 0 unspecified atom stereocenters. The average molecular weight is 311 g/mol. The van der Waals surface area contributed by atoms with Crippen LogP contribution in [0, 0.1) is 22.3 Å². The van der Waals surface area contributed by atoms with E-state index < -0.39 is 17.2 Å². The van der Waals surface area contributed by atoms with Crippen molar-refractivity contribution in [3.63, 3.8) is 0 Å². The molecule has 0 saturated carbocycles. The molecular formula is C12H7F2N3OS2. The topological polar surface area (TPSA) is 69.5 Å². The van der Waals surface area contributed by atoms with Gasteiger partial charge in [0.25, 0.3) is 5.56 Å². The van der Waals surface area contributed by atoms with Crippen LogP contribution in [0.1, 0.15) is 5.56 Å². The first kappa shape index (κ1) is 14.6. The maximum Gasteiger partial charge on any atom is 0.266 e. The van der Waals surface area contributed by atoms with Crippen molar-refractivity contribution in [2.24, 2.45) is 0 Å². The summed E-state index contributed by atoms with van der Waals surface area (Å²) in [5.74, 6) is -1.68. The normalized spacial score (nSPS) is 10.2. The molecule has 0 aliphatic heterocycles. The number of H-pyrrole nitrogens is 1. The molecule has 1 aromatic heterocycles. The minimum atomic E-state index is -0.912. The van der Waals surface area contributed by atoms with Crippen molar-refractivity contribution >= 4 is 23.5 Å². The van der Waals surface area contributed by atoms with E-state index in [2.05, 4.69) is 9.97 Å². The van der Waals surface area contributed by atoms with Gasteiger partial charge in [0.15, 0.2) is 16.8 Å². The zero-order valence-electron chi connectivity index (χ0n) is 9.89. The van der Waals surface area contributed by atoms with Gasteiger partial charge >= 0.3 is 0 Å². The second-order valence-electron chi connectivity index (χ2n) is 3.58. The van der Waals surface area contributed by atoms with Crippen LogP contribution in [0.25, 0.3) is 0 Å². The molecule has 2 aromatic rings. The number of thioether (sulfide) groups is 2. The minimum absolute atomic E-state index is 0.136. The van der Waals surface area contributed by atoms with E-state index in [0.29, 0.717) is 11.8 Å². The summed E-state index contributed by atoms with van der Waals surface area (Å²) < 4.78 is 26.4. The molecule has 0 atom stereocenters. The quantitative estimate of drug-likeness (QED) is 0.534. The maximum atomic E-state index is 13.4. The Labute approximate surface area is 121 Å². The van der Waals surface area contributed by atoms with Gasteiger partial charge in [0.05, 0.1) is 6.20 Å². The van der Waals surface area contributed by atoms with Gasteiger partial charge in [-0.3, -0.25) is 4.79 Å². The fraction of sp³-hybridized carbons (Fsp3) is 0.0833. The molecular weight excluding hydrogens is 304 g/mol. The monoisotopic (exact) mass is 311 g/mol. The van der Waals surface area contributed by atoms with E-state index in [4.69, 9.17) is 5.26 Å². The molecule has 1 heterocycles. The van der Waals surface area contributed by atoms with Gasteiger partial charge < -0.3 is 4.98 Å². The minimum Gasteiger partial charge on any atom is -0.300 e. The van der Waals surface area contributed by atoms with E-state index in [1.54, 1.807) is 5.40 Å². The zero-order chi connectivity index (χ0) is 14.5. The number of thiocyanates is 1. The molecule has 1 N–H and O–H groups in total. The fourth-order valence-corrected chi connectivity index (χ4v) is 2.52. The first-order valence-corrected chi connectivity index (χ1v) is 7.13. The summed E-state index contributed by atoms with van der Waals surface area (Å²) in [6.07, 6.45) is 1.27. The highest BCUT2D eigenvalue weighted by atomic mass is 32.2. The Balaban J connectivity index is 2.12. The lowest BCUT2D eigenvalue weighted by atomic mass is 10.2. The van der Waals surface area contributed by atoms with Crippen LogP contribution in [-0.2, 0) is 5.75 Å². The van der Waals surface area contributed by atoms with E-state index >= 15 is 0 Å². The van der Waals surface area contributed by atoms with Crippen LogP contribution in [0.15, 0.2) is 39.2 Å². The van der Waals surface area contributed by atoms with Gasteiger partial charge in [0.2, 0.25) is 0 Å². The Morgan fingerprint density at radius 1 is 1.40 bits per heavy atom. The molecule has 0 amide bonds. The molecule has 0 bridgehead atoms. The van der Waals surface area contributed by atoms with Crippen LogP contribution >= 0.6 is 23.5 Å². The smallest absolute Gasteiger partial charge is 0.266 e. The molecule has 8 heteroatoms. The predicted octanol–water partition coefficient (Wildman–Crippen LogP) is 2.91. The van der Waals surface area contributed by atoms with Crippen LogP contribution in [0.5, 0.6) is 0 Å². The van der Waals surface area contributed by atoms with Gasteiger partial charge in [0.1, 0.15) is 10.3 Å². The number of nitrogens with one attached hydrogen (secondary N) is 1. The SMILES string of the molecule is N#CSc1cnc(SCc2cccc(F)c2F)[nH]c1=O. The number of nitriles is 1. The van der Waals surface area contributed by atoms with E-state index in [1.807, 2.05) is 0 Å². The molecule has 0 spiro atoms. The average Bonchev–Trinajstić information content (AvgIpc) is 2.43. The zero-order valence-corrected chi connectivity index (χ0v) is 11.5. The number of rotatable bonds is 4. The first-order chi connectivity index (χ1) is 9.61. The maximum absolute atomic E-state index is 13.4. The summed E-state index contributed by atoms with van der Waals surface area (Å²) in [7, 11) is 0. The third kappa shape index (κ3) is 3.37. The molecule has 0 saturated heterocycles. The molecule has 4 nitrogen and oxygen atoms in total. The van der Waals surface area contributed by atoms with Gasteiger partial charge in [0, 0.05) is 11.3 Å². The Kier molecular flexibility index (Phi) is 4.76. The second kappa shape index (κ2) is 6.54. The first-order valence-electron chi connectivity index (χ1n) is 5.32.